The maximum atomic E-state index is 12.3. The van der Waals surface area contributed by atoms with Gasteiger partial charge < -0.3 is 14.7 Å². The topological polar surface area (TPSA) is 32.7 Å². The molecule has 0 aliphatic heterocycles. The zero-order chi connectivity index (χ0) is 21.6. The zero-order valence-electron chi connectivity index (χ0n) is 17.9. The van der Waals surface area contributed by atoms with Crippen molar-refractivity contribution in [1.29, 1.82) is 0 Å². The molecule has 2 atom stereocenters. The number of methoxy groups -OCH3 is 1. The van der Waals surface area contributed by atoms with E-state index in [0.29, 0.717) is 11.4 Å². The van der Waals surface area contributed by atoms with Gasteiger partial charge in [0.2, 0.25) is 0 Å². The number of ether oxygens (including phenoxy) is 1. The number of halogens is 1. The van der Waals surface area contributed by atoms with E-state index in [-0.39, 0.29) is 5.92 Å². The van der Waals surface area contributed by atoms with Gasteiger partial charge in [0.1, 0.15) is 5.75 Å². The van der Waals surface area contributed by atoms with Gasteiger partial charge in [0.25, 0.3) is 0 Å². The number of aliphatic hydroxyl groups is 1. The highest BCUT2D eigenvalue weighted by Crippen LogP contribution is 2.38. The van der Waals surface area contributed by atoms with E-state index in [1.807, 2.05) is 80.8 Å². The van der Waals surface area contributed by atoms with Gasteiger partial charge in [-0.2, -0.15) is 0 Å². The minimum absolute atomic E-state index is 0.0571. The van der Waals surface area contributed by atoms with Crippen LogP contribution in [0.2, 0.25) is 5.02 Å². The number of rotatable bonds is 9. The molecule has 3 nitrogen and oxygen atoms in total. The van der Waals surface area contributed by atoms with Crippen molar-refractivity contribution in [2.24, 2.45) is 5.92 Å². The van der Waals surface area contributed by atoms with Gasteiger partial charge in [0.15, 0.2) is 0 Å². The van der Waals surface area contributed by atoms with Gasteiger partial charge in [-0.3, -0.25) is 0 Å². The predicted octanol–water partition coefficient (Wildman–Crippen LogP) is 5.20. The van der Waals surface area contributed by atoms with Crippen LogP contribution in [0.25, 0.3) is 0 Å². The van der Waals surface area contributed by atoms with Crippen molar-refractivity contribution in [3.8, 4) is 5.75 Å². The maximum Gasteiger partial charge on any atom is 0.119 e. The van der Waals surface area contributed by atoms with Crippen molar-refractivity contribution in [3.05, 3.63) is 101 Å². The van der Waals surface area contributed by atoms with Crippen LogP contribution in [-0.2, 0) is 18.4 Å². The molecule has 0 aliphatic carbocycles. The van der Waals surface area contributed by atoms with Gasteiger partial charge in [-0.1, -0.05) is 72.3 Å². The summed E-state index contributed by atoms with van der Waals surface area (Å²) in [6, 6.07) is 25.8. The molecule has 2 unspecified atom stereocenters. The van der Waals surface area contributed by atoms with Crippen LogP contribution in [0.4, 0.5) is 0 Å². The average molecular weight is 424 g/mol. The van der Waals surface area contributed by atoms with E-state index in [2.05, 4.69) is 17.0 Å². The molecular formula is C26H30ClNO2. The van der Waals surface area contributed by atoms with Crippen LogP contribution >= 0.6 is 11.6 Å². The third-order valence-electron chi connectivity index (χ3n) is 5.57. The number of benzene rings is 3. The Hall–Kier alpha value is -2.33. The van der Waals surface area contributed by atoms with Crippen LogP contribution in [0, 0.1) is 5.92 Å². The lowest BCUT2D eigenvalue weighted by atomic mass is 9.74. The summed E-state index contributed by atoms with van der Waals surface area (Å²) in [5, 5.41) is 13.0. The van der Waals surface area contributed by atoms with Crippen LogP contribution in [0.3, 0.4) is 0 Å². The van der Waals surface area contributed by atoms with Gasteiger partial charge in [-0.25, -0.2) is 0 Å². The van der Waals surface area contributed by atoms with Crippen molar-refractivity contribution >= 4 is 11.6 Å². The maximum absolute atomic E-state index is 12.3. The molecule has 3 aromatic carbocycles. The van der Waals surface area contributed by atoms with E-state index in [1.54, 1.807) is 7.11 Å². The Morgan fingerprint density at radius 1 is 0.967 bits per heavy atom. The molecule has 0 aromatic heterocycles. The quantitative estimate of drug-likeness (QED) is 0.513. The number of nitrogens with zero attached hydrogens (tertiary/aromatic N) is 1. The van der Waals surface area contributed by atoms with E-state index < -0.39 is 5.60 Å². The van der Waals surface area contributed by atoms with Gasteiger partial charge in [0.05, 0.1) is 12.7 Å². The van der Waals surface area contributed by atoms with Crippen LogP contribution in [0.1, 0.15) is 16.7 Å². The second kappa shape index (κ2) is 10.1. The lowest BCUT2D eigenvalue weighted by molar-refractivity contribution is -0.0331. The molecule has 0 spiro atoms. The van der Waals surface area contributed by atoms with E-state index >= 15 is 0 Å². The molecule has 3 aromatic rings. The summed E-state index contributed by atoms with van der Waals surface area (Å²) in [6.07, 6.45) is 1.17. The first-order chi connectivity index (χ1) is 14.4. The van der Waals surface area contributed by atoms with E-state index in [1.165, 1.54) is 5.56 Å². The van der Waals surface area contributed by atoms with Crippen molar-refractivity contribution in [2.75, 3.05) is 27.7 Å². The Kier molecular flexibility index (Phi) is 7.54. The normalized spacial score (nSPS) is 14.3. The molecule has 1 N–H and O–H groups in total. The molecule has 0 saturated carbocycles. The van der Waals surface area contributed by atoms with E-state index in [9.17, 15) is 5.11 Å². The van der Waals surface area contributed by atoms with Crippen molar-refractivity contribution < 1.29 is 9.84 Å². The molecule has 0 amide bonds. The summed E-state index contributed by atoms with van der Waals surface area (Å²) < 4.78 is 5.46. The minimum Gasteiger partial charge on any atom is -0.497 e. The molecule has 0 aliphatic rings. The summed E-state index contributed by atoms with van der Waals surface area (Å²) in [5.41, 5.74) is 1.84. The summed E-state index contributed by atoms with van der Waals surface area (Å²) in [7, 11) is 5.73. The molecule has 0 heterocycles. The molecule has 4 heteroatoms. The number of hydrogen-bond donors (Lipinski definition) is 1. The second-order valence-corrected chi connectivity index (χ2v) is 8.48. The second-order valence-electron chi connectivity index (χ2n) is 8.07. The first-order valence-corrected chi connectivity index (χ1v) is 10.6. The monoisotopic (exact) mass is 423 g/mol. The first kappa shape index (κ1) is 22.4. The Morgan fingerprint density at radius 3 is 2.33 bits per heavy atom. The fraction of sp³-hybridized carbons (Fsp3) is 0.308. The van der Waals surface area contributed by atoms with Gasteiger partial charge in [-0.15, -0.1) is 0 Å². The largest absolute Gasteiger partial charge is 0.497 e. The van der Waals surface area contributed by atoms with Crippen LogP contribution in [-0.4, -0.2) is 37.8 Å². The molecule has 158 valence electrons. The minimum atomic E-state index is -1.13. The highest BCUT2D eigenvalue weighted by Gasteiger charge is 2.39. The van der Waals surface area contributed by atoms with Crippen LogP contribution in [0.5, 0.6) is 5.75 Å². The molecule has 0 radical (unpaired) electrons. The summed E-state index contributed by atoms with van der Waals surface area (Å²) in [6.45, 7) is 0.729. The molecule has 0 bridgehead atoms. The molecule has 3 rings (SSSR count). The van der Waals surface area contributed by atoms with Gasteiger partial charge in [0, 0.05) is 23.9 Å². The molecule has 30 heavy (non-hydrogen) atoms. The Balaban J connectivity index is 2.09. The molecular weight excluding hydrogens is 394 g/mol. The standard InChI is InChI=1S/C26H30ClNO2/c1-28(2)19-23(16-20-10-5-4-6-11-20)26(29,18-21-12-7-8-15-25(21)27)22-13-9-14-24(17-22)30-3/h4-15,17,23,29H,16,18-19H2,1-3H3. The first-order valence-electron chi connectivity index (χ1n) is 10.2. The summed E-state index contributed by atoms with van der Waals surface area (Å²) in [4.78, 5) is 2.13. The third-order valence-corrected chi connectivity index (χ3v) is 5.94. The van der Waals surface area contributed by atoms with Crippen LogP contribution in [0.15, 0.2) is 78.9 Å². The fourth-order valence-corrected chi connectivity index (χ4v) is 4.23. The van der Waals surface area contributed by atoms with Crippen molar-refractivity contribution in [3.63, 3.8) is 0 Å². The fourth-order valence-electron chi connectivity index (χ4n) is 4.03. The Bertz CT molecular complexity index is 945. The average Bonchev–Trinajstić information content (AvgIpc) is 2.75. The predicted molar refractivity (Wildman–Crippen MR) is 124 cm³/mol. The Labute approximate surface area is 184 Å². The SMILES string of the molecule is COc1cccc(C(O)(Cc2ccccc2Cl)C(Cc2ccccc2)CN(C)C)c1. The summed E-state index contributed by atoms with van der Waals surface area (Å²) >= 11 is 6.50. The highest BCUT2D eigenvalue weighted by molar-refractivity contribution is 6.31. The highest BCUT2D eigenvalue weighted by atomic mass is 35.5. The Morgan fingerprint density at radius 2 is 1.67 bits per heavy atom. The lowest BCUT2D eigenvalue weighted by Gasteiger charge is -2.39. The molecule has 0 fully saturated rings. The van der Waals surface area contributed by atoms with Crippen molar-refractivity contribution in [2.45, 2.75) is 18.4 Å². The van der Waals surface area contributed by atoms with Crippen molar-refractivity contribution in [1.82, 2.24) is 4.90 Å². The summed E-state index contributed by atoms with van der Waals surface area (Å²) in [5.74, 6) is 0.673. The lowest BCUT2D eigenvalue weighted by Crippen LogP contribution is -2.43. The third kappa shape index (κ3) is 5.42. The van der Waals surface area contributed by atoms with Gasteiger partial charge in [-0.05, 0) is 55.4 Å². The zero-order valence-corrected chi connectivity index (χ0v) is 18.6. The van der Waals surface area contributed by atoms with Gasteiger partial charge >= 0.3 is 0 Å². The number of hydrogen-bond acceptors (Lipinski definition) is 3. The smallest absolute Gasteiger partial charge is 0.119 e. The van der Waals surface area contributed by atoms with E-state index in [4.69, 9.17) is 16.3 Å². The van der Waals surface area contributed by atoms with E-state index in [0.717, 1.165) is 29.8 Å². The molecule has 0 saturated heterocycles. The van der Waals surface area contributed by atoms with Crippen LogP contribution < -0.4 is 4.74 Å².